The van der Waals surface area contributed by atoms with Gasteiger partial charge >= 0.3 is 6.09 Å². The van der Waals surface area contributed by atoms with Crippen LogP contribution < -0.4 is 16.0 Å². The van der Waals surface area contributed by atoms with Gasteiger partial charge in [0, 0.05) is 37.6 Å². The third kappa shape index (κ3) is 9.01. The minimum atomic E-state index is -0.496. The molecule has 3 N–H and O–H groups in total. The number of carbonyl (C=O) groups is 1. The number of carbonyl (C=O) groups excluding carboxylic acids is 1. The van der Waals surface area contributed by atoms with E-state index < -0.39 is 11.7 Å². The molecule has 164 valence electrons. The molecule has 1 aromatic rings. The Morgan fingerprint density at radius 3 is 2.62 bits per heavy atom. The van der Waals surface area contributed by atoms with E-state index in [1.807, 2.05) is 27.7 Å². The Morgan fingerprint density at radius 2 is 2.00 bits per heavy atom. The molecule has 1 aliphatic heterocycles. The summed E-state index contributed by atoms with van der Waals surface area (Å²) in [5.41, 5.74) is -0.496. The molecule has 1 aliphatic rings. The first-order chi connectivity index (χ1) is 13.9. The first-order valence-corrected chi connectivity index (χ1v) is 11.1. The molecule has 0 aromatic carbocycles. The molecule has 29 heavy (non-hydrogen) atoms. The van der Waals surface area contributed by atoms with Crippen LogP contribution in [0.25, 0.3) is 0 Å². The molecule has 1 saturated heterocycles. The predicted molar refractivity (Wildman–Crippen MR) is 118 cm³/mol. The van der Waals surface area contributed by atoms with E-state index >= 15 is 0 Å². The van der Waals surface area contributed by atoms with E-state index in [9.17, 15) is 4.79 Å². The van der Waals surface area contributed by atoms with Crippen LogP contribution in [-0.2, 0) is 9.47 Å². The van der Waals surface area contributed by atoms with Crippen molar-refractivity contribution in [1.82, 2.24) is 20.9 Å². The van der Waals surface area contributed by atoms with Gasteiger partial charge in [-0.25, -0.2) is 4.79 Å². The second-order valence-corrected chi connectivity index (χ2v) is 8.73. The number of nitrogens with zero attached hydrogens (tertiary/aromatic N) is 2. The van der Waals surface area contributed by atoms with Crippen LogP contribution in [0.3, 0.4) is 0 Å². The highest BCUT2D eigenvalue weighted by Gasteiger charge is 2.23. The number of nitrogens with one attached hydrogen (secondary N) is 3. The molecule has 0 aliphatic carbocycles. The van der Waals surface area contributed by atoms with Gasteiger partial charge in [0.05, 0.1) is 25.8 Å². The van der Waals surface area contributed by atoms with Crippen molar-refractivity contribution in [3.05, 3.63) is 22.4 Å². The average molecular weight is 426 g/mol. The third-order valence-electron chi connectivity index (χ3n) is 4.21. The summed E-state index contributed by atoms with van der Waals surface area (Å²) in [7, 11) is 0. The highest BCUT2D eigenvalue weighted by atomic mass is 32.1. The summed E-state index contributed by atoms with van der Waals surface area (Å²) in [5.74, 6) is 0.744. The van der Waals surface area contributed by atoms with Crippen molar-refractivity contribution in [2.45, 2.75) is 39.3 Å². The molecule has 0 radical (unpaired) electrons. The van der Waals surface area contributed by atoms with Crippen LogP contribution in [0.1, 0.15) is 38.6 Å². The van der Waals surface area contributed by atoms with Crippen LogP contribution in [0, 0.1) is 0 Å². The van der Waals surface area contributed by atoms with E-state index in [0.717, 1.165) is 38.8 Å². The highest BCUT2D eigenvalue weighted by molar-refractivity contribution is 7.10. The quantitative estimate of drug-likeness (QED) is 0.336. The average Bonchev–Trinajstić information content (AvgIpc) is 3.19. The van der Waals surface area contributed by atoms with E-state index in [0.29, 0.717) is 19.6 Å². The number of thiophene rings is 1. The number of morpholine rings is 1. The molecule has 0 bridgehead atoms. The van der Waals surface area contributed by atoms with Gasteiger partial charge in [-0.3, -0.25) is 9.89 Å². The number of aliphatic imine (C=N–C) groups is 1. The van der Waals surface area contributed by atoms with Crippen molar-refractivity contribution < 1.29 is 14.3 Å². The number of amides is 1. The van der Waals surface area contributed by atoms with Crippen molar-refractivity contribution in [3.8, 4) is 0 Å². The maximum Gasteiger partial charge on any atom is 0.407 e. The lowest BCUT2D eigenvalue weighted by atomic mass is 10.2. The zero-order chi connectivity index (χ0) is 21.1. The standard InChI is InChI=1S/C20H35N5O3S/c1-5-21-18(22-8-9-23-19(26)28-20(2,3)4)24-15-16(17-7-6-14-29-17)25-10-12-27-13-11-25/h6-7,14,16H,5,8-13,15H2,1-4H3,(H,23,26)(H2,21,22,24). The summed E-state index contributed by atoms with van der Waals surface area (Å²) in [5, 5.41) is 11.4. The van der Waals surface area contributed by atoms with E-state index in [4.69, 9.17) is 14.5 Å². The maximum atomic E-state index is 11.7. The molecule has 1 fully saturated rings. The van der Waals surface area contributed by atoms with Crippen molar-refractivity contribution >= 4 is 23.4 Å². The summed E-state index contributed by atoms with van der Waals surface area (Å²) >= 11 is 1.76. The molecule has 1 unspecified atom stereocenters. The molecule has 2 rings (SSSR count). The Labute approximate surface area is 178 Å². The molecule has 9 heteroatoms. The summed E-state index contributed by atoms with van der Waals surface area (Å²) in [6.45, 7) is 13.4. The van der Waals surface area contributed by atoms with Crippen molar-refractivity contribution in [2.24, 2.45) is 4.99 Å². The fraction of sp³-hybridized carbons (Fsp3) is 0.700. The smallest absolute Gasteiger partial charge is 0.407 e. The Bertz CT molecular complexity index is 625. The summed E-state index contributed by atoms with van der Waals surface area (Å²) < 4.78 is 10.7. The van der Waals surface area contributed by atoms with Gasteiger partial charge in [-0.1, -0.05) is 6.07 Å². The van der Waals surface area contributed by atoms with E-state index in [2.05, 4.69) is 38.4 Å². The zero-order valence-corrected chi connectivity index (χ0v) is 18.8. The number of rotatable bonds is 8. The normalized spacial score (nSPS) is 16.9. The highest BCUT2D eigenvalue weighted by Crippen LogP contribution is 2.26. The van der Waals surface area contributed by atoms with Gasteiger partial charge in [0.2, 0.25) is 0 Å². The molecule has 0 saturated carbocycles. The lowest BCUT2D eigenvalue weighted by molar-refractivity contribution is 0.0186. The van der Waals surface area contributed by atoms with Crippen LogP contribution in [0.4, 0.5) is 4.79 Å². The number of hydrogen-bond acceptors (Lipinski definition) is 6. The number of guanidine groups is 1. The Hall–Kier alpha value is -1.84. The molecule has 1 aromatic heterocycles. The van der Waals surface area contributed by atoms with E-state index in [1.165, 1.54) is 4.88 Å². The molecule has 1 atom stereocenters. The third-order valence-corrected chi connectivity index (χ3v) is 5.18. The van der Waals surface area contributed by atoms with Crippen LogP contribution in [-0.4, -0.2) is 75.0 Å². The molecule has 2 heterocycles. The first-order valence-electron chi connectivity index (χ1n) is 10.2. The zero-order valence-electron chi connectivity index (χ0n) is 18.0. The monoisotopic (exact) mass is 425 g/mol. The van der Waals surface area contributed by atoms with E-state index in [1.54, 1.807) is 11.3 Å². The number of ether oxygens (including phenoxy) is 2. The van der Waals surface area contributed by atoms with E-state index in [-0.39, 0.29) is 6.04 Å². The van der Waals surface area contributed by atoms with Crippen molar-refractivity contribution in [2.75, 3.05) is 52.5 Å². The first kappa shape index (κ1) is 23.4. The Kier molecular flexibility index (Phi) is 9.69. The largest absolute Gasteiger partial charge is 0.444 e. The second-order valence-electron chi connectivity index (χ2n) is 7.75. The molecule has 0 spiro atoms. The van der Waals surface area contributed by atoms with Gasteiger partial charge in [-0.05, 0) is 39.1 Å². The molecular weight excluding hydrogens is 390 g/mol. The fourth-order valence-corrected chi connectivity index (χ4v) is 3.79. The fourth-order valence-electron chi connectivity index (χ4n) is 2.93. The van der Waals surface area contributed by atoms with Gasteiger partial charge in [0.25, 0.3) is 0 Å². The summed E-state index contributed by atoms with van der Waals surface area (Å²) in [6.07, 6.45) is -0.411. The van der Waals surface area contributed by atoms with Crippen molar-refractivity contribution in [3.63, 3.8) is 0 Å². The molecular formula is C20H35N5O3S. The number of hydrogen-bond donors (Lipinski definition) is 3. The lowest BCUT2D eigenvalue weighted by Gasteiger charge is -2.33. The lowest BCUT2D eigenvalue weighted by Crippen LogP contribution is -2.43. The Morgan fingerprint density at radius 1 is 1.28 bits per heavy atom. The number of alkyl carbamates (subject to hydrolysis) is 1. The predicted octanol–water partition coefficient (Wildman–Crippen LogP) is 2.20. The van der Waals surface area contributed by atoms with Crippen LogP contribution in [0.15, 0.2) is 22.5 Å². The Balaban J connectivity index is 1.87. The van der Waals surface area contributed by atoms with Gasteiger partial charge in [0.15, 0.2) is 5.96 Å². The van der Waals surface area contributed by atoms with Gasteiger partial charge < -0.3 is 25.4 Å². The summed E-state index contributed by atoms with van der Waals surface area (Å²) in [4.78, 5) is 20.3. The van der Waals surface area contributed by atoms with Crippen LogP contribution >= 0.6 is 11.3 Å². The van der Waals surface area contributed by atoms with Crippen LogP contribution in [0.5, 0.6) is 0 Å². The van der Waals surface area contributed by atoms with Crippen molar-refractivity contribution in [1.29, 1.82) is 0 Å². The minimum Gasteiger partial charge on any atom is -0.444 e. The summed E-state index contributed by atoms with van der Waals surface area (Å²) in [6, 6.07) is 4.50. The second kappa shape index (κ2) is 12.0. The minimum absolute atomic E-state index is 0.245. The van der Waals surface area contributed by atoms with Gasteiger partial charge in [-0.2, -0.15) is 0 Å². The molecule has 1 amide bonds. The topological polar surface area (TPSA) is 87.2 Å². The maximum absolute atomic E-state index is 11.7. The SMILES string of the molecule is CCNC(=NCC(c1cccs1)N1CCOCC1)NCCNC(=O)OC(C)(C)C. The van der Waals surface area contributed by atoms with Crippen LogP contribution in [0.2, 0.25) is 0 Å². The molecule has 8 nitrogen and oxygen atoms in total. The van der Waals surface area contributed by atoms with Gasteiger partial charge in [-0.15, -0.1) is 11.3 Å². The van der Waals surface area contributed by atoms with Gasteiger partial charge in [0.1, 0.15) is 5.60 Å².